The Kier molecular flexibility index (Phi) is 5.30. The molecule has 1 saturated heterocycles. The van der Waals surface area contributed by atoms with Crippen LogP contribution in [0.3, 0.4) is 0 Å². The first-order valence-electron chi connectivity index (χ1n) is 9.87. The van der Waals surface area contributed by atoms with Gasteiger partial charge in [-0.25, -0.2) is 8.78 Å². The Balaban J connectivity index is 1.32. The Hall–Kier alpha value is -2.48. The molecule has 0 unspecified atom stereocenters. The minimum Gasteiger partial charge on any atom is -0.361 e. The number of nitrogens with zero attached hydrogens (tertiary/aromatic N) is 2. The summed E-state index contributed by atoms with van der Waals surface area (Å²) in [6, 6.07) is 1.75. The predicted molar refractivity (Wildman–Crippen MR) is 105 cm³/mol. The number of hydrogen-bond donors (Lipinski definition) is 1. The number of rotatable bonds is 3. The molecule has 0 radical (unpaired) electrons. The molecule has 2 aromatic rings. The number of aromatic nitrogens is 1. The zero-order chi connectivity index (χ0) is 21.6. The molecule has 1 aliphatic carbocycles. The number of carbonyl (C=O) groups is 2. The van der Waals surface area contributed by atoms with Gasteiger partial charge in [0.05, 0.1) is 16.3 Å². The molecule has 9 heteroatoms. The van der Waals surface area contributed by atoms with Gasteiger partial charge in [0.15, 0.2) is 0 Å². The molecule has 30 heavy (non-hydrogen) atoms. The summed E-state index contributed by atoms with van der Waals surface area (Å²) in [5.41, 5.74) is 0.813. The van der Waals surface area contributed by atoms with Crippen LogP contribution in [0, 0.1) is 30.9 Å². The Bertz CT molecular complexity index is 988. The van der Waals surface area contributed by atoms with Gasteiger partial charge in [-0.1, -0.05) is 16.8 Å². The summed E-state index contributed by atoms with van der Waals surface area (Å²) in [4.78, 5) is 26.6. The molecule has 2 amide bonds. The lowest BCUT2D eigenvalue weighted by Crippen LogP contribution is -2.55. The molecular weight excluding hydrogens is 416 g/mol. The van der Waals surface area contributed by atoms with Crippen LogP contribution in [-0.2, 0) is 0 Å². The lowest BCUT2D eigenvalue weighted by Gasteiger charge is -2.52. The van der Waals surface area contributed by atoms with Gasteiger partial charge in [0.2, 0.25) is 0 Å². The summed E-state index contributed by atoms with van der Waals surface area (Å²) in [6.07, 6.45) is 3.17. The summed E-state index contributed by atoms with van der Waals surface area (Å²) in [7, 11) is 0. The van der Waals surface area contributed by atoms with Crippen LogP contribution in [0.15, 0.2) is 16.7 Å². The maximum Gasteiger partial charge on any atom is 0.257 e. The van der Waals surface area contributed by atoms with Gasteiger partial charge < -0.3 is 14.7 Å². The van der Waals surface area contributed by atoms with Crippen LogP contribution < -0.4 is 5.32 Å². The highest BCUT2D eigenvalue weighted by Crippen LogP contribution is 2.49. The number of carbonyl (C=O) groups excluding carboxylic acids is 2. The second-order valence-corrected chi connectivity index (χ2v) is 8.72. The van der Waals surface area contributed by atoms with Crippen molar-refractivity contribution in [1.29, 1.82) is 0 Å². The van der Waals surface area contributed by atoms with Crippen molar-refractivity contribution in [3.05, 3.63) is 51.4 Å². The standard InChI is InChI=1S/C21H22ClF2N3O3/c1-11-18(12(2)30-26-11)19(28)25-13-9-21(10-13)3-5-27(6-4-21)20(29)14-7-17(24)15(22)8-16(14)23/h7-8,13H,3-6,9-10H2,1-2H3,(H,25,28). The summed E-state index contributed by atoms with van der Waals surface area (Å²) in [6.45, 7) is 4.37. The maximum absolute atomic E-state index is 14.1. The van der Waals surface area contributed by atoms with Gasteiger partial charge in [-0.15, -0.1) is 0 Å². The average molecular weight is 438 g/mol. The van der Waals surface area contributed by atoms with Gasteiger partial charge in [0.25, 0.3) is 11.8 Å². The fourth-order valence-corrected chi connectivity index (χ4v) is 4.75. The SMILES string of the molecule is Cc1noc(C)c1C(=O)NC1CC2(CCN(C(=O)c3cc(F)c(Cl)cc3F)CC2)C1. The van der Waals surface area contributed by atoms with E-state index in [0.29, 0.717) is 30.1 Å². The summed E-state index contributed by atoms with van der Waals surface area (Å²) in [5, 5.41) is 6.49. The minimum absolute atomic E-state index is 0.0660. The van der Waals surface area contributed by atoms with E-state index in [2.05, 4.69) is 10.5 Å². The lowest BCUT2D eigenvalue weighted by atomic mass is 9.60. The average Bonchev–Trinajstić information content (AvgIpc) is 3.02. The second-order valence-electron chi connectivity index (χ2n) is 8.32. The number of piperidine rings is 1. The number of hydrogen-bond acceptors (Lipinski definition) is 4. The van der Waals surface area contributed by atoms with Crippen LogP contribution >= 0.6 is 11.6 Å². The third-order valence-electron chi connectivity index (χ3n) is 6.31. The molecule has 0 bridgehead atoms. The molecule has 1 aliphatic heterocycles. The lowest BCUT2D eigenvalue weighted by molar-refractivity contribution is 0.00846. The Morgan fingerprint density at radius 1 is 1.20 bits per heavy atom. The van der Waals surface area contributed by atoms with Crippen molar-refractivity contribution >= 4 is 23.4 Å². The van der Waals surface area contributed by atoms with Crippen molar-refractivity contribution in [3.8, 4) is 0 Å². The van der Waals surface area contributed by atoms with E-state index in [0.717, 1.165) is 37.8 Å². The van der Waals surface area contributed by atoms with Gasteiger partial charge >= 0.3 is 0 Å². The Morgan fingerprint density at radius 3 is 2.47 bits per heavy atom. The predicted octanol–water partition coefficient (Wildman–Crippen LogP) is 4.04. The minimum atomic E-state index is -0.822. The van der Waals surface area contributed by atoms with Crippen LogP contribution in [0.2, 0.25) is 5.02 Å². The van der Waals surface area contributed by atoms with E-state index in [9.17, 15) is 18.4 Å². The quantitative estimate of drug-likeness (QED) is 0.735. The molecule has 1 saturated carbocycles. The van der Waals surface area contributed by atoms with Crippen LogP contribution in [-0.4, -0.2) is 41.0 Å². The molecule has 1 aromatic carbocycles. The molecule has 6 nitrogen and oxygen atoms in total. The highest BCUT2D eigenvalue weighted by Gasteiger charge is 2.47. The van der Waals surface area contributed by atoms with Crippen molar-refractivity contribution in [1.82, 2.24) is 15.4 Å². The van der Waals surface area contributed by atoms with Crippen molar-refractivity contribution in [2.75, 3.05) is 13.1 Å². The molecule has 160 valence electrons. The van der Waals surface area contributed by atoms with Gasteiger partial charge in [-0.3, -0.25) is 9.59 Å². The number of halogens is 3. The summed E-state index contributed by atoms with van der Waals surface area (Å²) in [5.74, 6) is -1.85. The molecule has 1 N–H and O–H groups in total. The van der Waals surface area contributed by atoms with E-state index < -0.39 is 17.5 Å². The Labute approximate surface area is 177 Å². The first-order chi connectivity index (χ1) is 14.2. The highest BCUT2D eigenvalue weighted by atomic mass is 35.5. The van der Waals surface area contributed by atoms with Crippen molar-refractivity contribution < 1.29 is 22.9 Å². The van der Waals surface area contributed by atoms with E-state index in [-0.39, 0.29) is 28.0 Å². The topological polar surface area (TPSA) is 75.4 Å². The Morgan fingerprint density at radius 2 is 1.87 bits per heavy atom. The summed E-state index contributed by atoms with van der Waals surface area (Å²) >= 11 is 5.56. The number of likely N-dealkylation sites (tertiary alicyclic amines) is 1. The number of amides is 2. The molecule has 4 rings (SSSR count). The van der Waals surface area contributed by atoms with E-state index in [1.54, 1.807) is 18.7 Å². The van der Waals surface area contributed by atoms with Crippen LogP contribution in [0.1, 0.15) is 57.9 Å². The first kappa shape index (κ1) is 20.8. The maximum atomic E-state index is 14.1. The third-order valence-corrected chi connectivity index (χ3v) is 6.60. The van der Waals surface area contributed by atoms with Crippen molar-refractivity contribution in [2.45, 2.75) is 45.6 Å². The van der Waals surface area contributed by atoms with Gasteiger partial charge in [0.1, 0.15) is 23.0 Å². The van der Waals surface area contributed by atoms with Gasteiger partial charge in [-0.2, -0.15) is 0 Å². The first-order valence-corrected chi connectivity index (χ1v) is 10.2. The fourth-order valence-electron chi connectivity index (χ4n) is 4.60. The largest absolute Gasteiger partial charge is 0.361 e. The van der Waals surface area contributed by atoms with Crippen molar-refractivity contribution in [2.24, 2.45) is 5.41 Å². The van der Waals surface area contributed by atoms with E-state index >= 15 is 0 Å². The normalized spacial score (nSPS) is 18.4. The number of nitrogens with one attached hydrogen (secondary N) is 1. The fraction of sp³-hybridized carbons (Fsp3) is 0.476. The monoisotopic (exact) mass is 437 g/mol. The number of benzene rings is 1. The third kappa shape index (κ3) is 3.69. The molecule has 0 atom stereocenters. The van der Waals surface area contributed by atoms with Gasteiger partial charge in [0, 0.05) is 19.1 Å². The second kappa shape index (κ2) is 7.65. The molecule has 1 spiro atoms. The smallest absolute Gasteiger partial charge is 0.257 e. The molecular formula is C21H22ClF2N3O3. The van der Waals surface area contributed by atoms with E-state index in [1.807, 2.05) is 0 Å². The van der Waals surface area contributed by atoms with Gasteiger partial charge in [-0.05, 0) is 57.1 Å². The van der Waals surface area contributed by atoms with Crippen molar-refractivity contribution in [3.63, 3.8) is 0 Å². The number of aryl methyl sites for hydroxylation is 2. The highest BCUT2D eigenvalue weighted by molar-refractivity contribution is 6.30. The van der Waals surface area contributed by atoms with Crippen LogP contribution in [0.5, 0.6) is 0 Å². The molecule has 2 fully saturated rings. The van der Waals surface area contributed by atoms with E-state index in [4.69, 9.17) is 16.1 Å². The van der Waals surface area contributed by atoms with Crippen LogP contribution in [0.4, 0.5) is 8.78 Å². The molecule has 2 aliphatic rings. The zero-order valence-electron chi connectivity index (χ0n) is 16.7. The zero-order valence-corrected chi connectivity index (χ0v) is 17.5. The van der Waals surface area contributed by atoms with Crippen LogP contribution in [0.25, 0.3) is 0 Å². The summed E-state index contributed by atoms with van der Waals surface area (Å²) < 4.78 is 32.8. The molecule has 2 heterocycles. The van der Waals surface area contributed by atoms with E-state index in [1.165, 1.54) is 0 Å². The molecule has 1 aromatic heterocycles.